The highest BCUT2D eigenvalue weighted by Gasteiger charge is 2.32. The van der Waals surface area contributed by atoms with Crippen molar-refractivity contribution >= 4 is 5.97 Å². The molecule has 1 aliphatic rings. The topological polar surface area (TPSA) is 52.6 Å². The van der Waals surface area contributed by atoms with Crippen LogP contribution in [0.1, 0.15) is 66.2 Å². The lowest BCUT2D eigenvalue weighted by Gasteiger charge is -2.29. The van der Waals surface area contributed by atoms with Crippen LogP contribution in [0, 0.1) is 5.92 Å². The van der Waals surface area contributed by atoms with Gasteiger partial charge >= 0.3 is 5.97 Å². The van der Waals surface area contributed by atoms with Gasteiger partial charge in [0.2, 0.25) is 0 Å². The molecule has 0 aromatic rings. The molecule has 1 fully saturated rings. The molecule has 0 aromatic heterocycles. The lowest BCUT2D eigenvalue weighted by atomic mass is 9.94. The van der Waals surface area contributed by atoms with E-state index in [0.29, 0.717) is 6.42 Å². The van der Waals surface area contributed by atoms with Gasteiger partial charge < -0.3 is 15.3 Å². The van der Waals surface area contributed by atoms with Crippen molar-refractivity contribution in [1.29, 1.82) is 0 Å². The Morgan fingerprint density at radius 1 is 1.43 bits per heavy atom. The van der Waals surface area contributed by atoms with Crippen LogP contribution in [-0.4, -0.2) is 47.2 Å². The zero-order valence-corrected chi connectivity index (χ0v) is 14.3. The monoisotopic (exact) mass is 298 g/mol. The first-order chi connectivity index (χ1) is 9.90. The number of rotatable bonds is 10. The minimum Gasteiger partial charge on any atom is -0.480 e. The van der Waals surface area contributed by atoms with Crippen molar-refractivity contribution < 1.29 is 9.90 Å². The van der Waals surface area contributed by atoms with Gasteiger partial charge in [0.15, 0.2) is 0 Å². The highest BCUT2D eigenvalue weighted by Crippen LogP contribution is 2.24. The third kappa shape index (κ3) is 5.59. The molecular weight excluding hydrogens is 264 g/mol. The molecule has 0 radical (unpaired) electrons. The van der Waals surface area contributed by atoms with Crippen molar-refractivity contribution in [2.24, 2.45) is 5.92 Å². The average molecular weight is 298 g/mol. The Labute approximate surface area is 130 Å². The van der Waals surface area contributed by atoms with E-state index in [1.165, 1.54) is 19.4 Å². The summed E-state index contributed by atoms with van der Waals surface area (Å²) in [4.78, 5) is 14.0. The quantitative estimate of drug-likeness (QED) is 0.608. The van der Waals surface area contributed by atoms with Crippen molar-refractivity contribution in [2.75, 3.05) is 19.6 Å². The fourth-order valence-electron chi connectivity index (χ4n) is 3.35. The van der Waals surface area contributed by atoms with Gasteiger partial charge in [-0.1, -0.05) is 20.8 Å². The number of aliphatic carboxylic acids is 1. The number of likely N-dealkylation sites (tertiary alicyclic amines) is 1. The molecule has 1 saturated heterocycles. The van der Waals surface area contributed by atoms with Crippen LogP contribution in [0.15, 0.2) is 0 Å². The second kappa shape index (κ2) is 8.74. The maximum Gasteiger partial charge on any atom is 0.323 e. The Balaban J connectivity index is 2.32. The summed E-state index contributed by atoms with van der Waals surface area (Å²) in [5, 5.41) is 12.6. The van der Waals surface area contributed by atoms with Crippen LogP contribution in [-0.2, 0) is 4.79 Å². The predicted octanol–water partition coefficient (Wildman–Crippen LogP) is 3.12. The number of hydrogen-bond donors (Lipinski definition) is 2. The minimum absolute atomic E-state index is 0.711. The second-order valence-corrected chi connectivity index (χ2v) is 7.01. The van der Waals surface area contributed by atoms with E-state index in [2.05, 4.69) is 31.0 Å². The molecule has 4 nitrogen and oxygen atoms in total. The molecule has 2 unspecified atom stereocenters. The number of carbonyl (C=O) groups is 1. The SMILES string of the molecule is CCCNC(C)(CCCCN1CCCC1C(C)C)C(=O)O. The summed E-state index contributed by atoms with van der Waals surface area (Å²) in [6.07, 6.45) is 6.38. The van der Waals surface area contributed by atoms with Crippen LogP contribution in [0.25, 0.3) is 0 Å². The van der Waals surface area contributed by atoms with Crippen LogP contribution >= 0.6 is 0 Å². The zero-order chi connectivity index (χ0) is 15.9. The molecule has 0 bridgehead atoms. The van der Waals surface area contributed by atoms with Crippen LogP contribution in [0.3, 0.4) is 0 Å². The molecular formula is C17H34N2O2. The number of carboxylic acid groups (broad SMARTS) is 1. The molecule has 1 rings (SSSR count). The van der Waals surface area contributed by atoms with E-state index in [4.69, 9.17) is 0 Å². The fourth-order valence-corrected chi connectivity index (χ4v) is 3.35. The summed E-state index contributed by atoms with van der Waals surface area (Å²) in [7, 11) is 0. The molecule has 1 aliphatic heterocycles. The normalized spacial score (nSPS) is 22.6. The number of hydrogen-bond acceptors (Lipinski definition) is 3. The van der Waals surface area contributed by atoms with E-state index in [9.17, 15) is 9.90 Å². The van der Waals surface area contributed by atoms with Gasteiger partial charge in [-0.05, 0) is 71.0 Å². The van der Waals surface area contributed by atoms with E-state index < -0.39 is 11.5 Å². The lowest BCUT2D eigenvalue weighted by Crippen LogP contribution is -2.49. The summed E-state index contributed by atoms with van der Waals surface area (Å²) in [5.41, 5.74) is -0.765. The van der Waals surface area contributed by atoms with Gasteiger partial charge in [-0.3, -0.25) is 4.79 Å². The van der Waals surface area contributed by atoms with Crippen LogP contribution in [0.4, 0.5) is 0 Å². The molecule has 0 spiro atoms. The minimum atomic E-state index is -0.765. The third-order valence-corrected chi connectivity index (χ3v) is 4.79. The van der Waals surface area contributed by atoms with Gasteiger partial charge in [0, 0.05) is 6.04 Å². The molecule has 2 atom stereocenters. The average Bonchev–Trinajstić information content (AvgIpc) is 2.89. The highest BCUT2D eigenvalue weighted by molar-refractivity contribution is 5.78. The maximum atomic E-state index is 11.4. The molecule has 21 heavy (non-hydrogen) atoms. The molecule has 124 valence electrons. The molecule has 0 amide bonds. The summed E-state index contributed by atoms with van der Waals surface area (Å²) in [6, 6.07) is 0.731. The molecule has 1 heterocycles. The van der Waals surface area contributed by atoms with E-state index >= 15 is 0 Å². The molecule has 0 saturated carbocycles. The molecule has 4 heteroatoms. The van der Waals surface area contributed by atoms with E-state index in [-0.39, 0.29) is 0 Å². The molecule has 0 aliphatic carbocycles. The van der Waals surface area contributed by atoms with Crippen molar-refractivity contribution in [3.05, 3.63) is 0 Å². The van der Waals surface area contributed by atoms with Gasteiger partial charge in [0.25, 0.3) is 0 Å². The third-order valence-electron chi connectivity index (χ3n) is 4.79. The first-order valence-corrected chi connectivity index (χ1v) is 8.63. The fraction of sp³-hybridized carbons (Fsp3) is 0.941. The molecule has 2 N–H and O–H groups in total. The summed E-state index contributed by atoms with van der Waals surface area (Å²) >= 11 is 0. The lowest BCUT2D eigenvalue weighted by molar-refractivity contribution is -0.144. The number of nitrogens with zero attached hydrogens (tertiary/aromatic N) is 1. The number of carboxylic acids is 1. The van der Waals surface area contributed by atoms with Crippen molar-refractivity contribution in [3.8, 4) is 0 Å². The number of unbranched alkanes of at least 4 members (excludes halogenated alkanes) is 1. The number of nitrogens with one attached hydrogen (secondary N) is 1. The molecule has 0 aromatic carbocycles. The Bertz CT molecular complexity index is 320. The predicted molar refractivity (Wildman–Crippen MR) is 87.6 cm³/mol. The van der Waals surface area contributed by atoms with E-state index in [0.717, 1.165) is 44.3 Å². The standard InChI is InChI=1S/C17H34N2O2/c1-5-11-18-17(4,16(20)21)10-6-7-12-19-13-8-9-15(19)14(2)3/h14-15,18H,5-13H2,1-4H3,(H,20,21). The van der Waals surface area contributed by atoms with Gasteiger partial charge in [-0.2, -0.15) is 0 Å². The first kappa shape index (κ1) is 18.4. The van der Waals surface area contributed by atoms with Gasteiger partial charge in [0.05, 0.1) is 0 Å². The summed E-state index contributed by atoms with van der Waals surface area (Å²) < 4.78 is 0. The Kier molecular flexibility index (Phi) is 7.67. The largest absolute Gasteiger partial charge is 0.480 e. The van der Waals surface area contributed by atoms with Crippen LogP contribution in [0.2, 0.25) is 0 Å². The summed E-state index contributed by atoms with van der Waals surface area (Å²) in [6.45, 7) is 11.6. The van der Waals surface area contributed by atoms with Gasteiger partial charge in [0.1, 0.15) is 5.54 Å². The van der Waals surface area contributed by atoms with Crippen molar-refractivity contribution in [3.63, 3.8) is 0 Å². The first-order valence-electron chi connectivity index (χ1n) is 8.63. The van der Waals surface area contributed by atoms with Crippen LogP contribution < -0.4 is 5.32 Å². The Morgan fingerprint density at radius 3 is 2.71 bits per heavy atom. The Hall–Kier alpha value is -0.610. The highest BCUT2D eigenvalue weighted by atomic mass is 16.4. The van der Waals surface area contributed by atoms with E-state index in [1.807, 2.05) is 6.92 Å². The van der Waals surface area contributed by atoms with Crippen LogP contribution in [0.5, 0.6) is 0 Å². The second-order valence-electron chi connectivity index (χ2n) is 7.01. The zero-order valence-electron chi connectivity index (χ0n) is 14.3. The van der Waals surface area contributed by atoms with Crippen molar-refractivity contribution in [2.45, 2.75) is 77.8 Å². The van der Waals surface area contributed by atoms with Gasteiger partial charge in [-0.25, -0.2) is 0 Å². The maximum absolute atomic E-state index is 11.4. The van der Waals surface area contributed by atoms with Gasteiger partial charge in [-0.15, -0.1) is 0 Å². The summed E-state index contributed by atoms with van der Waals surface area (Å²) in [5.74, 6) is 0.000172. The van der Waals surface area contributed by atoms with Crippen molar-refractivity contribution in [1.82, 2.24) is 10.2 Å². The smallest absolute Gasteiger partial charge is 0.323 e. The Morgan fingerprint density at radius 2 is 2.14 bits per heavy atom. The van der Waals surface area contributed by atoms with E-state index in [1.54, 1.807) is 0 Å².